The third-order valence-corrected chi connectivity index (χ3v) is 3.44. The number of carbonyl (C=O) groups is 2. The van der Waals surface area contributed by atoms with Crippen LogP contribution in [0.15, 0.2) is 24.3 Å². The predicted octanol–water partition coefficient (Wildman–Crippen LogP) is 1.07. The van der Waals surface area contributed by atoms with E-state index in [0.29, 0.717) is 6.54 Å². The summed E-state index contributed by atoms with van der Waals surface area (Å²) < 4.78 is 5.31. The number of hydrogen-bond donors (Lipinski definition) is 1. The number of amides is 2. The Morgan fingerprint density at radius 1 is 1.50 bits per heavy atom. The molecule has 18 heavy (non-hydrogen) atoms. The highest BCUT2D eigenvalue weighted by molar-refractivity contribution is 5.93. The van der Waals surface area contributed by atoms with Crippen LogP contribution in [0, 0.1) is 0 Å². The number of fused-ring (bicyclic) bond motifs is 3. The Labute approximate surface area is 105 Å². The van der Waals surface area contributed by atoms with Crippen molar-refractivity contribution in [2.75, 3.05) is 11.4 Å². The van der Waals surface area contributed by atoms with Crippen LogP contribution in [0.2, 0.25) is 0 Å². The number of hydrogen-bond acceptors (Lipinski definition) is 3. The number of anilines is 1. The molecule has 1 saturated heterocycles. The molecule has 1 fully saturated rings. The van der Waals surface area contributed by atoms with Crippen LogP contribution in [0.1, 0.15) is 12.5 Å². The second kappa shape index (κ2) is 4.01. The Kier molecular flexibility index (Phi) is 2.47. The van der Waals surface area contributed by atoms with E-state index in [1.54, 1.807) is 4.90 Å². The molecule has 0 radical (unpaired) electrons. The Morgan fingerprint density at radius 3 is 3.06 bits per heavy atom. The highest BCUT2D eigenvalue weighted by atomic mass is 16.6. The summed E-state index contributed by atoms with van der Waals surface area (Å²) in [5.74, 6) is -0.111. The van der Waals surface area contributed by atoms with Gasteiger partial charge in [-0.15, -0.1) is 0 Å². The van der Waals surface area contributed by atoms with Crippen molar-refractivity contribution in [3.8, 4) is 0 Å². The number of rotatable bonds is 2. The zero-order valence-electron chi connectivity index (χ0n) is 10.1. The SMILES string of the molecule is CC(=O)NC[C@H]1OC(=O)N2c3ccccc3CC12. The summed E-state index contributed by atoms with van der Waals surface area (Å²) in [6, 6.07) is 7.83. The molecule has 2 amide bonds. The Balaban J connectivity index is 1.82. The molecule has 2 atom stereocenters. The zero-order valence-corrected chi connectivity index (χ0v) is 10.1. The van der Waals surface area contributed by atoms with E-state index in [2.05, 4.69) is 5.32 Å². The van der Waals surface area contributed by atoms with Gasteiger partial charge >= 0.3 is 6.09 Å². The normalized spacial score (nSPS) is 24.5. The van der Waals surface area contributed by atoms with Crippen molar-refractivity contribution in [2.45, 2.75) is 25.5 Å². The maximum Gasteiger partial charge on any atom is 0.415 e. The zero-order chi connectivity index (χ0) is 12.7. The molecule has 1 unspecified atom stereocenters. The lowest BCUT2D eigenvalue weighted by Crippen LogP contribution is -2.40. The topological polar surface area (TPSA) is 58.6 Å². The van der Waals surface area contributed by atoms with Gasteiger partial charge < -0.3 is 10.1 Å². The smallest absolute Gasteiger partial charge is 0.415 e. The highest BCUT2D eigenvalue weighted by Crippen LogP contribution is 2.38. The van der Waals surface area contributed by atoms with E-state index < -0.39 is 0 Å². The molecule has 5 nitrogen and oxygen atoms in total. The molecule has 0 bridgehead atoms. The van der Waals surface area contributed by atoms with Crippen LogP contribution in [0.4, 0.5) is 10.5 Å². The summed E-state index contributed by atoms with van der Waals surface area (Å²) in [4.78, 5) is 24.5. The number of ether oxygens (including phenoxy) is 1. The summed E-state index contributed by atoms with van der Waals surface area (Å²) in [6.45, 7) is 1.83. The number of benzene rings is 1. The molecule has 3 rings (SSSR count). The van der Waals surface area contributed by atoms with Crippen molar-refractivity contribution in [1.29, 1.82) is 0 Å². The minimum atomic E-state index is -0.319. The fraction of sp³-hybridized carbons (Fsp3) is 0.385. The van der Waals surface area contributed by atoms with E-state index in [1.165, 1.54) is 6.92 Å². The predicted molar refractivity (Wildman–Crippen MR) is 65.4 cm³/mol. The quantitative estimate of drug-likeness (QED) is 0.849. The molecule has 0 saturated carbocycles. The van der Waals surface area contributed by atoms with E-state index in [0.717, 1.165) is 17.7 Å². The molecule has 2 heterocycles. The molecule has 1 aromatic rings. The van der Waals surface area contributed by atoms with E-state index in [4.69, 9.17) is 4.74 Å². The van der Waals surface area contributed by atoms with Crippen molar-refractivity contribution < 1.29 is 14.3 Å². The van der Waals surface area contributed by atoms with Crippen LogP contribution < -0.4 is 10.2 Å². The van der Waals surface area contributed by atoms with Gasteiger partial charge in [0.15, 0.2) is 0 Å². The van der Waals surface area contributed by atoms with Gasteiger partial charge in [0, 0.05) is 6.92 Å². The second-order valence-corrected chi connectivity index (χ2v) is 4.63. The van der Waals surface area contributed by atoms with Crippen LogP contribution >= 0.6 is 0 Å². The number of para-hydroxylation sites is 1. The van der Waals surface area contributed by atoms with Gasteiger partial charge in [-0.2, -0.15) is 0 Å². The largest absolute Gasteiger partial charge is 0.442 e. The second-order valence-electron chi connectivity index (χ2n) is 4.63. The molecular formula is C13H14N2O3. The Bertz CT molecular complexity index is 515. The average Bonchev–Trinajstić information content (AvgIpc) is 2.85. The molecular weight excluding hydrogens is 232 g/mol. The molecule has 0 spiro atoms. The number of cyclic esters (lactones) is 1. The average molecular weight is 246 g/mol. The van der Waals surface area contributed by atoms with Crippen molar-refractivity contribution in [3.63, 3.8) is 0 Å². The lowest BCUT2D eigenvalue weighted by molar-refractivity contribution is -0.119. The number of carbonyl (C=O) groups excluding carboxylic acids is 2. The molecule has 2 aliphatic rings. The maximum absolute atomic E-state index is 11.9. The van der Waals surface area contributed by atoms with Gasteiger partial charge in [-0.05, 0) is 18.1 Å². The molecule has 5 heteroatoms. The summed E-state index contributed by atoms with van der Waals surface area (Å²) in [5, 5.41) is 2.70. The van der Waals surface area contributed by atoms with Gasteiger partial charge in [0.05, 0.1) is 18.3 Å². The lowest BCUT2D eigenvalue weighted by Gasteiger charge is -2.16. The summed E-state index contributed by atoms with van der Waals surface area (Å²) in [6.07, 6.45) is 0.195. The van der Waals surface area contributed by atoms with Crippen LogP contribution in [0.5, 0.6) is 0 Å². The van der Waals surface area contributed by atoms with Crippen molar-refractivity contribution in [2.24, 2.45) is 0 Å². The van der Waals surface area contributed by atoms with Gasteiger partial charge in [0.1, 0.15) is 6.10 Å². The summed E-state index contributed by atoms with van der Waals surface area (Å²) in [7, 11) is 0. The third kappa shape index (κ3) is 1.63. The van der Waals surface area contributed by atoms with Gasteiger partial charge in [-0.3, -0.25) is 9.69 Å². The Hall–Kier alpha value is -2.04. The molecule has 0 aromatic heterocycles. The van der Waals surface area contributed by atoms with Crippen LogP contribution in [-0.2, 0) is 16.0 Å². The molecule has 1 N–H and O–H groups in total. The number of nitrogens with one attached hydrogen (secondary N) is 1. The van der Waals surface area contributed by atoms with Crippen molar-refractivity contribution >= 4 is 17.7 Å². The van der Waals surface area contributed by atoms with Crippen LogP contribution in [0.25, 0.3) is 0 Å². The number of nitrogens with zero attached hydrogens (tertiary/aromatic N) is 1. The monoisotopic (exact) mass is 246 g/mol. The highest BCUT2D eigenvalue weighted by Gasteiger charge is 2.47. The van der Waals surface area contributed by atoms with E-state index in [1.807, 2.05) is 24.3 Å². The first-order chi connectivity index (χ1) is 8.66. The first-order valence-electron chi connectivity index (χ1n) is 5.99. The van der Waals surface area contributed by atoms with Gasteiger partial charge in [0.2, 0.25) is 5.91 Å². The minimum absolute atomic E-state index is 0.00162. The third-order valence-electron chi connectivity index (χ3n) is 3.44. The first kappa shape index (κ1) is 11.1. The minimum Gasteiger partial charge on any atom is -0.442 e. The van der Waals surface area contributed by atoms with Crippen LogP contribution in [-0.4, -0.2) is 30.7 Å². The van der Waals surface area contributed by atoms with E-state index in [9.17, 15) is 9.59 Å². The Morgan fingerprint density at radius 2 is 2.28 bits per heavy atom. The van der Waals surface area contributed by atoms with Gasteiger partial charge in [-0.1, -0.05) is 18.2 Å². The van der Waals surface area contributed by atoms with Gasteiger partial charge in [-0.25, -0.2) is 4.79 Å². The summed E-state index contributed by atoms with van der Waals surface area (Å²) in [5.41, 5.74) is 2.09. The van der Waals surface area contributed by atoms with E-state index in [-0.39, 0.29) is 24.1 Å². The van der Waals surface area contributed by atoms with E-state index >= 15 is 0 Å². The fourth-order valence-electron chi connectivity index (χ4n) is 2.63. The molecule has 1 aromatic carbocycles. The van der Waals surface area contributed by atoms with Crippen LogP contribution in [0.3, 0.4) is 0 Å². The molecule has 2 aliphatic heterocycles. The first-order valence-corrected chi connectivity index (χ1v) is 5.99. The van der Waals surface area contributed by atoms with Gasteiger partial charge in [0.25, 0.3) is 0 Å². The lowest BCUT2D eigenvalue weighted by atomic mass is 10.1. The van der Waals surface area contributed by atoms with Crippen molar-refractivity contribution in [1.82, 2.24) is 5.32 Å². The summed E-state index contributed by atoms with van der Waals surface area (Å²) >= 11 is 0. The van der Waals surface area contributed by atoms with Crippen molar-refractivity contribution in [3.05, 3.63) is 29.8 Å². The maximum atomic E-state index is 11.9. The molecule has 0 aliphatic carbocycles. The molecule has 94 valence electrons. The standard InChI is InChI=1S/C13H14N2O3/c1-8(16)14-7-12-11-6-9-4-2-3-5-10(9)15(11)13(17)18-12/h2-5,11-12H,6-7H2,1H3,(H,14,16)/t11?,12-/m1/s1. The fourth-order valence-corrected chi connectivity index (χ4v) is 2.63.